The fraction of sp³-hybridized carbons (Fsp3) is 0.318. The first-order valence-electron chi connectivity index (χ1n) is 8.66. The van der Waals surface area contributed by atoms with E-state index in [0.29, 0.717) is 12.2 Å². The molecule has 0 spiro atoms. The summed E-state index contributed by atoms with van der Waals surface area (Å²) < 4.78 is 11.5. The van der Waals surface area contributed by atoms with E-state index in [1.807, 2.05) is 0 Å². The minimum atomic E-state index is -0.556. The number of fused-ring (bicyclic) bond motifs is 2. The summed E-state index contributed by atoms with van der Waals surface area (Å²) in [6.45, 7) is 7.89. The van der Waals surface area contributed by atoms with Crippen molar-refractivity contribution in [3.05, 3.63) is 82.9 Å². The Kier molecular flexibility index (Phi) is 5.05. The standard InChI is InChI=1S/C22H24O3/c1-16(2)21(23)24-14-15-25-22(3)19-10-6-4-8-17(19)12-13-18-9-5-7-11-20(18)22/h4-11H,1,12-15H2,2-3H3. The average Bonchev–Trinajstić information content (AvgIpc) is 2.75. The average molecular weight is 336 g/mol. The molecule has 1 aliphatic rings. The lowest BCUT2D eigenvalue weighted by atomic mass is 9.85. The molecular weight excluding hydrogens is 312 g/mol. The molecule has 130 valence electrons. The van der Waals surface area contributed by atoms with E-state index in [-0.39, 0.29) is 12.6 Å². The van der Waals surface area contributed by atoms with E-state index < -0.39 is 5.60 Å². The van der Waals surface area contributed by atoms with Crippen LogP contribution in [-0.2, 0) is 32.7 Å². The summed E-state index contributed by atoms with van der Waals surface area (Å²) in [6.07, 6.45) is 1.99. The summed E-state index contributed by atoms with van der Waals surface area (Å²) in [4.78, 5) is 11.5. The molecule has 0 unspecified atom stereocenters. The minimum absolute atomic E-state index is 0.214. The predicted octanol–water partition coefficient (Wildman–Crippen LogP) is 4.18. The van der Waals surface area contributed by atoms with E-state index in [0.717, 1.165) is 12.8 Å². The lowest BCUT2D eigenvalue weighted by Gasteiger charge is -2.32. The molecule has 3 rings (SSSR count). The van der Waals surface area contributed by atoms with Crippen molar-refractivity contribution in [2.24, 2.45) is 0 Å². The third kappa shape index (κ3) is 3.52. The van der Waals surface area contributed by atoms with Gasteiger partial charge in [-0.3, -0.25) is 0 Å². The minimum Gasteiger partial charge on any atom is -0.460 e. The van der Waals surface area contributed by atoms with Crippen molar-refractivity contribution in [2.75, 3.05) is 13.2 Å². The van der Waals surface area contributed by atoms with Crippen molar-refractivity contribution in [3.8, 4) is 0 Å². The van der Waals surface area contributed by atoms with Crippen LogP contribution in [0.2, 0.25) is 0 Å². The van der Waals surface area contributed by atoms with E-state index in [9.17, 15) is 4.79 Å². The van der Waals surface area contributed by atoms with Gasteiger partial charge >= 0.3 is 5.97 Å². The van der Waals surface area contributed by atoms with Crippen molar-refractivity contribution in [1.82, 2.24) is 0 Å². The summed E-state index contributed by atoms with van der Waals surface area (Å²) >= 11 is 0. The monoisotopic (exact) mass is 336 g/mol. The van der Waals surface area contributed by atoms with E-state index in [2.05, 4.69) is 62.0 Å². The third-order valence-corrected chi connectivity index (χ3v) is 4.78. The second kappa shape index (κ2) is 7.24. The van der Waals surface area contributed by atoms with E-state index in [1.165, 1.54) is 22.3 Å². The predicted molar refractivity (Wildman–Crippen MR) is 98.5 cm³/mol. The molecule has 0 atom stereocenters. The Hall–Kier alpha value is -2.39. The molecule has 0 aliphatic heterocycles. The van der Waals surface area contributed by atoms with Crippen LogP contribution in [-0.4, -0.2) is 19.2 Å². The van der Waals surface area contributed by atoms with Crippen molar-refractivity contribution >= 4 is 5.97 Å². The second-order valence-electron chi connectivity index (χ2n) is 6.61. The quantitative estimate of drug-likeness (QED) is 0.467. The van der Waals surface area contributed by atoms with Crippen LogP contribution in [0.25, 0.3) is 0 Å². The lowest BCUT2D eigenvalue weighted by molar-refractivity contribution is -0.142. The van der Waals surface area contributed by atoms with Crippen LogP contribution in [0.1, 0.15) is 36.1 Å². The van der Waals surface area contributed by atoms with Gasteiger partial charge in [-0.1, -0.05) is 55.1 Å². The maximum Gasteiger partial charge on any atom is 0.333 e. The molecule has 0 N–H and O–H groups in total. The largest absolute Gasteiger partial charge is 0.460 e. The molecule has 0 saturated carbocycles. The first-order chi connectivity index (χ1) is 12.0. The topological polar surface area (TPSA) is 35.5 Å². The van der Waals surface area contributed by atoms with Crippen molar-refractivity contribution < 1.29 is 14.3 Å². The Balaban J connectivity index is 1.87. The molecule has 1 aliphatic carbocycles. The molecule has 0 radical (unpaired) electrons. The van der Waals surface area contributed by atoms with Crippen LogP contribution in [0.5, 0.6) is 0 Å². The van der Waals surface area contributed by atoms with Crippen molar-refractivity contribution in [3.63, 3.8) is 0 Å². The van der Waals surface area contributed by atoms with Crippen LogP contribution in [0.3, 0.4) is 0 Å². The van der Waals surface area contributed by atoms with Crippen LogP contribution in [0.4, 0.5) is 0 Å². The van der Waals surface area contributed by atoms with Gasteiger partial charge in [0, 0.05) is 5.57 Å². The summed E-state index contributed by atoms with van der Waals surface area (Å²) in [6, 6.07) is 16.9. The molecule has 0 heterocycles. The Morgan fingerprint density at radius 1 is 1.00 bits per heavy atom. The molecule has 25 heavy (non-hydrogen) atoms. The zero-order chi connectivity index (χ0) is 17.9. The number of carbonyl (C=O) groups is 1. The number of rotatable bonds is 5. The molecule has 0 amide bonds. The zero-order valence-corrected chi connectivity index (χ0v) is 14.9. The van der Waals surface area contributed by atoms with E-state index >= 15 is 0 Å². The molecule has 0 bridgehead atoms. The van der Waals surface area contributed by atoms with Crippen LogP contribution < -0.4 is 0 Å². The summed E-state index contributed by atoms with van der Waals surface area (Å²) in [5.74, 6) is -0.379. The molecule has 3 nitrogen and oxygen atoms in total. The van der Waals surface area contributed by atoms with Gasteiger partial charge in [-0.15, -0.1) is 0 Å². The Bertz CT molecular complexity index is 744. The molecule has 3 heteroatoms. The third-order valence-electron chi connectivity index (χ3n) is 4.78. The molecule has 2 aromatic rings. The smallest absolute Gasteiger partial charge is 0.333 e. The maximum atomic E-state index is 11.5. The van der Waals surface area contributed by atoms with Gasteiger partial charge in [0.15, 0.2) is 0 Å². The summed E-state index contributed by atoms with van der Waals surface area (Å²) in [7, 11) is 0. The number of hydrogen-bond donors (Lipinski definition) is 0. The van der Waals surface area contributed by atoms with Gasteiger partial charge in [-0.05, 0) is 48.9 Å². The van der Waals surface area contributed by atoms with Gasteiger partial charge in [-0.25, -0.2) is 4.79 Å². The fourth-order valence-electron chi connectivity index (χ4n) is 3.48. The number of aryl methyl sites for hydroxylation is 2. The first kappa shape index (κ1) is 17.4. The summed E-state index contributed by atoms with van der Waals surface area (Å²) in [5.41, 5.74) is 4.83. The van der Waals surface area contributed by atoms with Gasteiger partial charge in [0.2, 0.25) is 0 Å². The van der Waals surface area contributed by atoms with Gasteiger partial charge in [0.25, 0.3) is 0 Å². The van der Waals surface area contributed by atoms with Gasteiger partial charge in [-0.2, -0.15) is 0 Å². The lowest BCUT2D eigenvalue weighted by Crippen LogP contribution is -2.30. The number of hydrogen-bond acceptors (Lipinski definition) is 3. The molecule has 0 aromatic heterocycles. The SMILES string of the molecule is C=C(C)C(=O)OCCOC1(C)c2ccccc2CCc2ccccc21. The number of carbonyl (C=O) groups excluding carboxylic acids is 1. The van der Waals surface area contributed by atoms with E-state index in [4.69, 9.17) is 9.47 Å². The Labute approximate surface area is 149 Å². The second-order valence-corrected chi connectivity index (χ2v) is 6.61. The number of esters is 1. The van der Waals surface area contributed by atoms with Crippen molar-refractivity contribution in [1.29, 1.82) is 0 Å². The van der Waals surface area contributed by atoms with Crippen molar-refractivity contribution in [2.45, 2.75) is 32.3 Å². The van der Waals surface area contributed by atoms with E-state index in [1.54, 1.807) is 6.92 Å². The highest BCUT2D eigenvalue weighted by atomic mass is 16.6. The molecule has 0 fully saturated rings. The highest BCUT2D eigenvalue weighted by Crippen LogP contribution is 2.40. The molecule has 2 aromatic carbocycles. The first-order valence-corrected chi connectivity index (χ1v) is 8.66. The highest BCUT2D eigenvalue weighted by molar-refractivity contribution is 5.86. The maximum absolute atomic E-state index is 11.5. The van der Waals surface area contributed by atoms with Gasteiger partial charge in [0.1, 0.15) is 12.2 Å². The number of benzene rings is 2. The Morgan fingerprint density at radius 3 is 2.04 bits per heavy atom. The van der Waals surface area contributed by atoms with Crippen LogP contribution in [0, 0.1) is 0 Å². The molecule has 0 saturated heterocycles. The molecular formula is C22H24O3. The fourth-order valence-corrected chi connectivity index (χ4v) is 3.48. The number of ether oxygens (including phenoxy) is 2. The Morgan fingerprint density at radius 2 is 1.52 bits per heavy atom. The summed E-state index contributed by atoms with van der Waals surface area (Å²) in [5, 5.41) is 0. The van der Waals surface area contributed by atoms with Crippen LogP contribution >= 0.6 is 0 Å². The normalized spacial score (nSPS) is 14.8. The zero-order valence-electron chi connectivity index (χ0n) is 14.9. The van der Waals surface area contributed by atoms with Gasteiger partial charge in [0.05, 0.1) is 6.61 Å². The van der Waals surface area contributed by atoms with Gasteiger partial charge < -0.3 is 9.47 Å². The highest BCUT2D eigenvalue weighted by Gasteiger charge is 2.35. The van der Waals surface area contributed by atoms with Crippen LogP contribution in [0.15, 0.2) is 60.7 Å².